The van der Waals surface area contributed by atoms with Crippen LogP contribution in [-0.2, 0) is 11.2 Å². The second kappa shape index (κ2) is 8.49. The Labute approximate surface area is 187 Å². The van der Waals surface area contributed by atoms with Crippen LogP contribution in [0.5, 0.6) is 0 Å². The van der Waals surface area contributed by atoms with Crippen LogP contribution in [0.3, 0.4) is 0 Å². The van der Waals surface area contributed by atoms with Crippen molar-refractivity contribution in [2.75, 3.05) is 13.1 Å². The van der Waals surface area contributed by atoms with Gasteiger partial charge in [-0.1, -0.05) is 0 Å². The molecule has 7 nitrogen and oxygen atoms in total. The van der Waals surface area contributed by atoms with E-state index in [2.05, 4.69) is 20.4 Å². The maximum Gasteiger partial charge on any atom is 0.307 e. The molecule has 2 N–H and O–H groups in total. The van der Waals surface area contributed by atoms with Crippen LogP contribution in [0.1, 0.15) is 35.0 Å². The zero-order chi connectivity index (χ0) is 20.8. The van der Waals surface area contributed by atoms with Crippen molar-refractivity contribution in [1.82, 2.24) is 24.9 Å². The van der Waals surface area contributed by atoms with Gasteiger partial charge in [-0.2, -0.15) is 5.10 Å². The minimum atomic E-state index is -0.953. The van der Waals surface area contributed by atoms with E-state index in [4.69, 9.17) is 0 Å². The molecule has 1 fully saturated rings. The fraction of sp³-hybridized carbons (Fsp3) is 0.333. The van der Waals surface area contributed by atoms with Gasteiger partial charge in [0.05, 0.1) is 33.7 Å². The van der Waals surface area contributed by atoms with E-state index in [0.717, 1.165) is 41.3 Å². The molecule has 0 atom stereocenters. The molecule has 4 heterocycles. The summed E-state index contributed by atoms with van der Waals surface area (Å²) in [7, 11) is 0. The summed E-state index contributed by atoms with van der Waals surface area (Å²) in [6.07, 6.45) is 3.57. The molecule has 1 aromatic carbocycles. The lowest BCUT2D eigenvalue weighted by Crippen LogP contribution is -2.26. The highest BCUT2D eigenvalue weighted by Gasteiger charge is 2.21. The summed E-state index contributed by atoms with van der Waals surface area (Å²) in [5.74, 6) is -0.982. The summed E-state index contributed by atoms with van der Waals surface area (Å²) in [6, 6.07) is 5.01. The Morgan fingerprint density at radius 2 is 2.06 bits per heavy atom. The molecule has 3 aromatic heterocycles. The second-order valence-corrected chi connectivity index (χ2v) is 8.72. The standard InChI is InChI=1S/C21H20FN5O2S.ClH/c1-11-10-27-20(24-11)14(9-18(28)29)7-16(26-27)13-6-15(22)19-17(8-13)30-21(25-19)12-2-4-23-5-3-12;/h6-8,10,12,23H,2-5,9H2,1H3,(H,28,29);1H. The van der Waals surface area contributed by atoms with Gasteiger partial charge < -0.3 is 10.4 Å². The van der Waals surface area contributed by atoms with Crippen LogP contribution in [0.15, 0.2) is 24.4 Å². The van der Waals surface area contributed by atoms with Crippen LogP contribution in [0.4, 0.5) is 4.39 Å². The van der Waals surface area contributed by atoms with Gasteiger partial charge in [0.1, 0.15) is 5.52 Å². The molecule has 0 radical (unpaired) electrons. The number of piperidine rings is 1. The van der Waals surface area contributed by atoms with Crippen LogP contribution < -0.4 is 5.32 Å². The number of carbonyl (C=O) groups is 1. The van der Waals surface area contributed by atoms with Gasteiger partial charge >= 0.3 is 5.97 Å². The number of aliphatic carboxylic acids is 1. The minimum Gasteiger partial charge on any atom is -0.481 e. The molecule has 0 bridgehead atoms. The summed E-state index contributed by atoms with van der Waals surface area (Å²) < 4.78 is 17.3. The Balaban J connectivity index is 0.00000231. The average molecular weight is 462 g/mol. The van der Waals surface area contributed by atoms with E-state index in [-0.39, 0.29) is 24.6 Å². The number of hydrogen-bond donors (Lipinski definition) is 2. The van der Waals surface area contributed by atoms with Gasteiger partial charge in [-0.3, -0.25) is 4.79 Å². The van der Waals surface area contributed by atoms with E-state index in [9.17, 15) is 14.3 Å². The number of fused-ring (bicyclic) bond motifs is 2. The van der Waals surface area contributed by atoms with Crippen molar-refractivity contribution in [2.24, 2.45) is 0 Å². The average Bonchev–Trinajstić information content (AvgIpc) is 3.31. The van der Waals surface area contributed by atoms with Crippen LogP contribution in [0, 0.1) is 12.7 Å². The number of nitrogens with one attached hydrogen (secondary N) is 1. The number of aromatic nitrogens is 4. The molecule has 0 spiro atoms. The first kappa shape index (κ1) is 21.6. The number of rotatable bonds is 4. The molecular weight excluding hydrogens is 441 g/mol. The number of halogens is 2. The Kier molecular flexibility index (Phi) is 5.92. The number of aryl methyl sites for hydroxylation is 1. The van der Waals surface area contributed by atoms with Gasteiger partial charge in [0.15, 0.2) is 11.5 Å². The van der Waals surface area contributed by atoms with E-state index in [1.165, 1.54) is 17.4 Å². The number of hydrogen-bond acceptors (Lipinski definition) is 6. The van der Waals surface area contributed by atoms with Crippen molar-refractivity contribution in [3.05, 3.63) is 46.5 Å². The molecule has 4 aromatic rings. The normalized spacial score (nSPS) is 14.8. The van der Waals surface area contributed by atoms with Crippen molar-refractivity contribution < 1.29 is 14.3 Å². The van der Waals surface area contributed by atoms with Gasteiger partial charge in [-0.15, -0.1) is 23.7 Å². The summed E-state index contributed by atoms with van der Waals surface area (Å²) in [5, 5.41) is 18.1. The van der Waals surface area contributed by atoms with E-state index in [1.54, 1.807) is 16.8 Å². The summed E-state index contributed by atoms with van der Waals surface area (Å²) in [6.45, 7) is 3.73. The largest absolute Gasteiger partial charge is 0.481 e. The Morgan fingerprint density at radius 1 is 1.29 bits per heavy atom. The maximum atomic E-state index is 14.9. The number of imidazole rings is 1. The fourth-order valence-electron chi connectivity index (χ4n) is 3.99. The molecule has 0 aliphatic carbocycles. The van der Waals surface area contributed by atoms with Crippen molar-refractivity contribution in [3.63, 3.8) is 0 Å². The first-order valence-corrected chi connectivity index (χ1v) is 10.7. The van der Waals surface area contributed by atoms with Crippen molar-refractivity contribution in [3.8, 4) is 11.3 Å². The molecule has 0 amide bonds. The maximum absolute atomic E-state index is 14.9. The zero-order valence-electron chi connectivity index (χ0n) is 16.8. The summed E-state index contributed by atoms with van der Waals surface area (Å²) in [5.41, 5.74) is 3.28. The molecule has 0 saturated carbocycles. The third-order valence-electron chi connectivity index (χ3n) is 5.41. The highest BCUT2D eigenvalue weighted by molar-refractivity contribution is 7.18. The number of carboxylic acids is 1. The highest BCUT2D eigenvalue weighted by Crippen LogP contribution is 2.35. The predicted octanol–water partition coefficient (Wildman–Crippen LogP) is 3.97. The van der Waals surface area contributed by atoms with Crippen LogP contribution >= 0.6 is 23.7 Å². The lowest BCUT2D eigenvalue weighted by Gasteiger charge is -2.20. The van der Waals surface area contributed by atoms with Gasteiger partial charge in [-0.25, -0.2) is 18.9 Å². The van der Waals surface area contributed by atoms with E-state index < -0.39 is 5.97 Å². The molecule has 31 heavy (non-hydrogen) atoms. The minimum absolute atomic E-state index is 0. The highest BCUT2D eigenvalue weighted by atomic mass is 35.5. The molecule has 0 unspecified atom stereocenters. The van der Waals surface area contributed by atoms with E-state index in [0.29, 0.717) is 33.9 Å². The topological polar surface area (TPSA) is 92.4 Å². The Bertz CT molecular complexity index is 1280. The predicted molar refractivity (Wildman–Crippen MR) is 120 cm³/mol. The van der Waals surface area contributed by atoms with Gasteiger partial charge in [-0.05, 0) is 51.1 Å². The van der Waals surface area contributed by atoms with Gasteiger partial charge in [0.25, 0.3) is 0 Å². The summed E-state index contributed by atoms with van der Waals surface area (Å²) >= 11 is 1.53. The zero-order valence-corrected chi connectivity index (χ0v) is 18.4. The van der Waals surface area contributed by atoms with Crippen LogP contribution in [0.2, 0.25) is 0 Å². The quantitative estimate of drug-likeness (QED) is 0.477. The van der Waals surface area contributed by atoms with E-state index >= 15 is 0 Å². The number of nitrogens with zero attached hydrogens (tertiary/aromatic N) is 4. The van der Waals surface area contributed by atoms with Crippen LogP contribution in [-0.4, -0.2) is 43.7 Å². The monoisotopic (exact) mass is 461 g/mol. The first-order valence-electron chi connectivity index (χ1n) is 9.86. The van der Waals surface area contributed by atoms with Gasteiger partial charge in [0, 0.05) is 17.0 Å². The SMILES string of the molecule is Cc1cn2nc(-c3cc(F)c4nc(C5CCNCC5)sc4c3)cc(CC(=O)O)c2n1.Cl. The molecule has 1 saturated heterocycles. The van der Waals surface area contributed by atoms with Crippen molar-refractivity contribution in [1.29, 1.82) is 0 Å². The van der Waals surface area contributed by atoms with Crippen molar-refractivity contribution in [2.45, 2.75) is 32.1 Å². The molecule has 1 aliphatic rings. The smallest absolute Gasteiger partial charge is 0.307 e. The van der Waals surface area contributed by atoms with Crippen LogP contribution in [0.25, 0.3) is 27.1 Å². The molecular formula is C21H21ClFN5O2S. The molecule has 162 valence electrons. The Morgan fingerprint density at radius 3 is 2.81 bits per heavy atom. The lowest BCUT2D eigenvalue weighted by atomic mass is 9.99. The second-order valence-electron chi connectivity index (χ2n) is 7.66. The molecule has 10 heteroatoms. The molecule has 1 aliphatic heterocycles. The first-order chi connectivity index (χ1) is 14.5. The third-order valence-corrected chi connectivity index (χ3v) is 6.58. The molecule has 5 rings (SSSR count). The summed E-state index contributed by atoms with van der Waals surface area (Å²) in [4.78, 5) is 20.3. The lowest BCUT2D eigenvalue weighted by molar-refractivity contribution is -0.136. The Hall–Kier alpha value is -2.62. The van der Waals surface area contributed by atoms with E-state index in [1.807, 2.05) is 13.0 Å². The number of thiazole rings is 1. The van der Waals surface area contributed by atoms with Gasteiger partial charge in [0.2, 0.25) is 0 Å². The number of carboxylic acid groups (broad SMARTS) is 1. The van der Waals surface area contributed by atoms with Crippen molar-refractivity contribution >= 4 is 45.6 Å². The number of benzene rings is 1. The third kappa shape index (κ3) is 4.13. The fourth-order valence-corrected chi connectivity index (χ4v) is 5.18.